The molecule has 2 aromatic rings. The third-order valence-electron chi connectivity index (χ3n) is 6.45. The molecule has 8 nitrogen and oxygen atoms in total. The Morgan fingerprint density at radius 1 is 1.20 bits per heavy atom. The van der Waals surface area contributed by atoms with Crippen molar-refractivity contribution in [2.75, 3.05) is 19.7 Å². The Morgan fingerprint density at radius 3 is 2.51 bits per heavy atom. The fourth-order valence-corrected chi connectivity index (χ4v) is 4.71. The number of hydrogen-bond acceptors (Lipinski definition) is 6. The second kappa shape index (κ2) is 9.84. The van der Waals surface area contributed by atoms with Gasteiger partial charge in [0.15, 0.2) is 11.3 Å². The summed E-state index contributed by atoms with van der Waals surface area (Å²) in [5.74, 6) is 0.212. The van der Waals surface area contributed by atoms with E-state index in [1.165, 1.54) is 0 Å². The molecule has 1 unspecified atom stereocenters. The van der Waals surface area contributed by atoms with Crippen LogP contribution in [0.2, 0.25) is 0 Å². The molecule has 1 fully saturated rings. The molecular weight excluding hydrogens is 444 g/mol. The molecule has 2 aliphatic rings. The van der Waals surface area contributed by atoms with E-state index in [0.717, 1.165) is 41.6 Å². The van der Waals surface area contributed by atoms with Crippen molar-refractivity contribution < 1.29 is 19.1 Å². The Labute approximate surface area is 207 Å². The van der Waals surface area contributed by atoms with Gasteiger partial charge in [-0.05, 0) is 83.4 Å². The lowest BCUT2D eigenvalue weighted by atomic mass is 9.87. The zero-order chi connectivity index (χ0) is 25.3. The molecule has 1 aliphatic heterocycles. The van der Waals surface area contributed by atoms with E-state index >= 15 is 0 Å². The predicted molar refractivity (Wildman–Crippen MR) is 135 cm³/mol. The van der Waals surface area contributed by atoms with Gasteiger partial charge in [0.25, 0.3) is 0 Å². The zero-order valence-corrected chi connectivity index (χ0v) is 21.6. The fourth-order valence-electron chi connectivity index (χ4n) is 4.71. The molecule has 1 saturated heterocycles. The predicted octanol–water partition coefficient (Wildman–Crippen LogP) is 5.47. The van der Waals surface area contributed by atoms with E-state index in [0.29, 0.717) is 30.3 Å². The second-order valence-corrected chi connectivity index (χ2v) is 10.5. The number of rotatable bonds is 4. The lowest BCUT2D eigenvalue weighted by molar-refractivity contribution is 0.0205. The normalized spacial score (nSPS) is 19.1. The number of nitrogens with zero attached hydrogens (tertiary/aromatic N) is 4. The number of allylic oxidation sites excluding steroid dienone is 4. The second-order valence-electron chi connectivity index (χ2n) is 10.5. The van der Waals surface area contributed by atoms with Crippen LogP contribution in [0, 0.1) is 12.8 Å². The highest BCUT2D eigenvalue weighted by Gasteiger charge is 2.30. The Kier molecular flexibility index (Phi) is 7.01. The summed E-state index contributed by atoms with van der Waals surface area (Å²) in [7, 11) is 0. The standard InChI is InChI=1S/C27H36N4O4/c1-7-34-25(32)22-16-21(19-12-14-30(15-13-19)26(33)35-27(4,5)6)23-18(3)29-31(24(23)28-22)20-10-8-17(2)9-11-20/h8,10-11,16-17,19H,7,9,12-15H2,1-6H3. The largest absolute Gasteiger partial charge is 0.461 e. The lowest BCUT2D eigenvalue weighted by Gasteiger charge is -2.34. The van der Waals surface area contributed by atoms with Gasteiger partial charge in [-0.25, -0.2) is 19.3 Å². The summed E-state index contributed by atoms with van der Waals surface area (Å²) in [6, 6.07) is 1.86. The molecule has 0 spiro atoms. The molecular formula is C27H36N4O4. The highest BCUT2D eigenvalue weighted by molar-refractivity contribution is 5.94. The highest BCUT2D eigenvalue weighted by Crippen LogP contribution is 2.36. The molecule has 1 aliphatic carbocycles. The van der Waals surface area contributed by atoms with Crippen LogP contribution >= 0.6 is 0 Å². The van der Waals surface area contributed by atoms with Gasteiger partial charge in [0.05, 0.1) is 18.0 Å². The SMILES string of the molecule is CCOC(=O)c1cc(C2CCN(C(=O)OC(C)(C)C)CC2)c2c(C)nn(C3=CCC(C)C=C3)c2n1. The molecule has 0 N–H and O–H groups in total. The molecule has 4 rings (SSSR count). The zero-order valence-electron chi connectivity index (χ0n) is 21.6. The lowest BCUT2D eigenvalue weighted by Crippen LogP contribution is -2.41. The summed E-state index contributed by atoms with van der Waals surface area (Å²) in [5.41, 5.74) is 3.31. The van der Waals surface area contributed by atoms with E-state index in [2.05, 4.69) is 25.2 Å². The van der Waals surface area contributed by atoms with Crippen LogP contribution < -0.4 is 0 Å². The summed E-state index contributed by atoms with van der Waals surface area (Å²) in [6.45, 7) is 13.0. The first-order chi connectivity index (χ1) is 16.6. The summed E-state index contributed by atoms with van der Waals surface area (Å²) in [4.78, 5) is 31.7. The molecule has 1 atom stereocenters. The quantitative estimate of drug-likeness (QED) is 0.540. The minimum absolute atomic E-state index is 0.166. The van der Waals surface area contributed by atoms with Gasteiger partial charge in [0.1, 0.15) is 5.60 Å². The first kappa shape index (κ1) is 24.9. The number of aryl methyl sites for hydroxylation is 1. The first-order valence-electron chi connectivity index (χ1n) is 12.5. The Morgan fingerprint density at radius 2 is 1.91 bits per heavy atom. The molecule has 3 heterocycles. The number of pyridine rings is 1. The van der Waals surface area contributed by atoms with Gasteiger partial charge in [-0.1, -0.05) is 19.1 Å². The van der Waals surface area contributed by atoms with Crippen molar-refractivity contribution >= 4 is 28.8 Å². The fraction of sp³-hybridized carbons (Fsp3) is 0.556. The van der Waals surface area contributed by atoms with Crippen molar-refractivity contribution in [1.29, 1.82) is 0 Å². The van der Waals surface area contributed by atoms with Crippen LogP contribution in [0.5, 0.6) is 0 Å². The molecule has 35 heavy (non-hydrogen) atoms. The first-order valence-corrected chi connectivity index (χ1v) is 12.5. The maximum absolute atomic E-state index is 12.7. The van der Waals surface area contributed by atoms with Crippen LogP contribution in [0.1, 0.15) is 81.5 Å². The molecule has 0 radical (unpaired) electrons. The number of hydrogen-bond donors (Lipinski definition) is 0. The van der Waals surface area contributed by atoms with Crippen molar-refractivity contribution in [3.8, 4) is 0 Å². The molecule has 8 heteroatoms. The maximum Gasteiger partial charge on any atom is 0.410 e. The average molecular weight is 481 g/mol. The van der Waals surface area contributed by atoms with E-state index in [4.69, 9.17) is 19.6 Å². The maximum atomic E-state index is 12.7. The molecule has 0 saturated carbocycles. The van der Waals surface area contributed by atoms with Crippen LogP contribution in [0.3, 0.4) is 0 Å². The van der Waals surface area contributed by atoms with Crippen molar-refractivity contribution in [2.45, 2.75) is 72.3 Å². The van der Waals surface area contributed by atoms with Gasteiger partial charge >= 0.3 is 12.1 Å². The van der Waals surface area contributed by atoms with Crippen molar-refractivity contribution in [3.05, 3.63) is 41.2 Å². The van der Waals surface area contributed by atoms with Gasteiger partial charge in [-0.15, -0.1) is 0 Å². The highest BCUT2D eigenvalue weighted by atomic mass is 16.6. The topological polar surface area (TPSA) is 86.5 Å². The molecule has 188 valence electrons. The number of carbonyl (C=O) groups is 2. The number of esters is 1. The summed E-state index contributed by atoms with van der Waals surface area (Å²) < 4.78 is 12.7. The molecule has 2 aromatic heterocycles. The van der Waals surface area contributed by atoms with Gasteiger partial charge in [-0.2, -0.15) is 5.10 Å². The number of ether oxygens (including phenoxy) is 2. The summed E-state index contributed by atoms with van der Waals surface area (Å²) >= 11 is 0. The molecule has 0 aromatic carbocycles. The van der Waals surface area contributed by atoms with Crippen LogP contribution in [0.4, 0.5) is 4.79 Å². The number of carbonyl (C=O) groups excluding carboxylic acids is 2. The minimum Gasteiger partial charge on any atom is -0.461 e. The van der Waals surface area contributed by atoms with E-state index in [1.54, 1.807) is 11.8 Å². The summed E-state index contributed by atoms with van der Waals surface area (Å²) in [6.07, 6.45) is 8.58. The number of aromatic nitrogens is 3. The number of fused-ring (bicyclic) bond motifs is 1. The Hall–Kier alpha value is -3.16. The van der Waals surface area contributed by atoms with E-state index in [9.17, 15) is 9.59 Å². The smallest absolute Gasteiger partial charge is 0.410 e. The van der Waals surface area contributed by atoms with E-state index in [1.807, 2.05) is 38.4 Å². The number of piperidine rings is 1. The van der Waals surface area contributed by atoms with Crippen LogP contribution in [0.15, 0.2) is 24.3 Å². The number of amides is 1. The summed E-state index contributed by atoms with van der Waals surface area (Å²) in [5, 5.41) is 5.80. The molecule has 1 amide bonds. The minimum atomic E-state index is -0.522. The van der Waals surface area contributed by atoms with E-state index in [-0.39, 0.29) is 18.6 Å². The monoisotopic (exact) mass is 480 g/mol. The van der Waals surface area contributed by atoms with Crippen LogP contribution in [0.25, 0.3) is 16.7 Å². The van der Waals surface area contributed by atoms with Gasteiger partial charge in [-0.3, -0.25) is 0 Å². The third kappa shape index (κ3) is 5.41. The van der Waals surface area contributed by atoms with Crippen LogP contribution in [-0.4, -0.2) is 57.0 Å². The van der Waals surface area contributed by atoms with Crippen LogP contribution in [-0.2, 0) is 9.47 Å². The van der Waals surface area contributed by atoms with Gasteiger partial charge in [0.2, 0.25) is 0 Å². The average Bonchev–Trinajstić information content (AvgIpc) is 3.14. The third-order valence-corrected chi connectivity index (χ3v) is 6.45. The van der Waals surface area contributed by atoms with Crippen molar-refractivity contribution in [1.82, 2.24) is 19.7 Å². The number of likely N-dealkylation sites (tertiary alicyclic amines) is 1. The van der Waals surface area contributed by atoms with Gasteiger partial charge in [0, 0.05) is 18.5 Å². The molecule has 0 bridgehead atoms. The van der Waals surface area contributed by atoms with Crippen molar-refractivity contribution in [2.24, 2.45) is 5.92 Å². The Balaban J connectivity index is 1.70. The van der Waals surface area contributed by atoms with Crippen molar-refractivity contribution in [3.63, 3.8) is 0 Å². The van der Waals surface area contributed by atoms with E-state index < -0.39 is 11.6 Å². The van der Waals surface area contributed by atoms with Gasteiger partial charge < -0.3 is 14.4 Å². The Bertz CT molecular complexity index is 1180.